The van der Waals surface area contributed by atoms with E-state index < -0.39 is 0 Å². The van der Waals surface area contributed by atoms with Gasteiger partial charge in [-0.1, -0.05) is 43.4 Å². The van der Waals surface area contributed by atoms with Crippen molar-refractivity contribution in [2.24, 2.45) is 10.2 Å². The maximum Gasteiger partial charge on any atom is 0.231 e. The fourth-order valence-electron chi connectivity index (χ4n) is 2.04. The molecule has 0 saturated carbocycles. The Bertz CT molecular complexity index is 784. The van der Waals surface area contributed by atoms with E-state index in [2.05, 4.69) is 34.4 Å². The second-order valence-corrected chi connectivity index (χ2v) is 6.06. The van der Waals surface area contributed by atoms with Crippen molar-refractivity contribution in [3.63, 3.8) is 0 Å². The predicted molar refractivity (Wildman–Crippen MR) is 106 cm³/mol. The van der Waals surface area contributed by atoms with Crippen LogP contribution in [0, 0.1) is 0 Å². The Morgan fingerprint density at radius 2 is 1.76 bits per heavy atom. The number of hydrogen-bond acceptors (Lipinski definition) is 6. The van der Waals surface area contributed by atoms with E-state index in [0.29, 0.717) is 11.7 Å². The SMILES string of the molecule is CCNCC.CCOc1ccc2nc(N=Nc3ccccc3)sc2c1. The Morgan fingerprint density at radius 3 is 2.40 bits per heavy atom. The Morgan fingerprint density at radius 1 is 1.00 bits per heavy atom. The number of rotatable bonds is 6. The van der Waals surface area contributed by atoms with Crippen LogP contribution < -0.4 is 10.1 Å². The van der Waals surface area contributed by atoms with E-state index in [-0.39, 0.29) is 0 Å². The number of fused-ring (bicyclic) bond motifs is 1. The molecule has 0 fully saturated rings. The van der Waals surface area contributed by atoms with Gasteiger partial charge in [0.15, 0.2) is 0 Å². The van der Waals surface area contributed by atoms with Crippen molar-refractivity contribution in [1.29, 1.82) is 0 Å². The summed E-state index contributed by atoms with van der Waals surface area (Å²) in [7, 11) is 0. The third-order valence-corrected chi connectivity index (χ3v) is 4.07. The topological polar surface area (TPSA) is 58.9 Å². The van der Waals surface area contributed by atoms with Crippen molar-refractivity contribution in [3.8, 4) is 5.75 Å². The summed E-state index contributed by atoms with van der Waals surface area (Å²) < 4.78 is 6.53. The molecule has 5 nitrogen and oxygen atoms in total. The normalized spacial score (nSPS) is 10.7. The molecule has 0 unspecified atom stereocenters. The highest BCUT2D eigenvalue weighted by Gasteiger charge is 2.04. The first kappa shape index (κ1) is 19.0. The molecule has 0 aliphatic carbocycles. The first-order valence-electron chi connectivity index (χ1n) is 8.47. The van der Waals surface area contributed by atoms with E-state index in [4.69, 9.17) is 4.74 Å². The van der Waals surface area contributed by atoms with Gasteiger partial charge in [-0.2, -0.15) is 0 Å². The monoisotopic (exact) mass is 356 g/mol. The summed E-state index contributed by atoms with van der Waals surface area (Å²) in [6.07, 6.45) is 0. The molecule has 0 spiro atoms. The second kappa shape index (κ2) is 10.5. The lowest BCUT2D eigenvalue weighted by Gasteiger charge is -2.00. The number of nitrogens with one attached hydrogen (secondary N) is 1. The first-order chi connectivity index (χ1) is 12.3. The molecule has 2 aromatic carbocycles. The largest absolute Gasteiger partial charge is 0.494 e. The average molecular weight is 356 g/mol. The molecule has 0 amide bonds. The van der Waals surface area contributed by atoms with Crippen molar-refractivity contribution in [2.75, 3.05) is 19.7 Å². The van der Waals surface area contributed by atoms with E-state index in [1.54, 1.807) is 0 Å². The van der Waals surface area contributed by atoms with Gasteiger partial charge in [-0.25, -0.2) is 4.98 Å². The van der Waals surface area contributed by atoms with Crippen molar-refractivity contribution in [1.82, 2.24) is 10.3 Å². The Hall–Kier alpha value is -2.31. The molecule has 0 radical (unpaired) electrons. The van der Waals surface area contributed by atoms with Gasteiger partial charge >= 0.3 is 0 Å². The molecule has 3 aromatic rings. The summed E-state index contributed by atoms with van der Waals surface area (Å²) in [4.78, 5) is 4.43. The zero-order valence-electron chi connectivity index (χ0n) is 14.9. The second-order valence-electron chi connectivity index (χ2n) is 5.05. The van der Waals surface area contributed by atoms with Gasteiger partial charge in [-0.15, -0.1) is 10.2 Å². The Labute approximate surface area is 152 Å². The molecule has 0 aliphatic heterocycles. The molecule has 0 bridgehead atoms. The molecule has 1 N–H and O–H groups in total. The maximum absolute atomic E-state index is 5.48. The van der Waals surface area contributed by atoms with Crippen LogP contribution in [0.2, 0.25) is 0 Å². The van der Waals surface area contributed by atoms with Gasteiger partial charge < -0.3 is 10.1 Å². The Balaban J connectivity index is 0.000000399. The van der Waals surface area contributed by atoms with Gasteiger partial charge in [0.2, 0.25) is 5.13 Å². The zero-order valence-corrected chi connectivity index (χ0v) is 15.7. The molecule has 0 saturated heterocycles. The van der Waals surface area contributed by atoms with Gasteiger partial charge in [-0.3, -0.25) is 0 Å². The number of benzene rings is 2. The number of aromatic nitrogens is 1. The van der Waals surface area contributed by atoms with Crippen LogP contribution in [-0.2, 0) is 0 Å². The highest BCUT2D eigenvalue weighted by molar-refractivity contribution is 7.21. The van der Waals surface area contributed by atoms with Crippen molar-refractivity contribution in [3.05, 3.63) is 48.5 Å². The van der Waals surface area contributed by atoms with Crippen LogP contribution in [0.15, 0.2) is 58.8 Å². The highest BCUT2D eigenvalue weighted by atomic mass is 32.1. The molecule has 3 rings (SSSR count). The summed E-state index contributed by atoms with van der Waals surface area (Å²) in [5, 5.41) is 12.1. The lowest BCUT2D eigenvalue weighted by Crippen LogP contribution is -2.09. The molecular weight excluding hydrogens is 332 g/mol. The van der Waals surface area contributed by atoms with Crippen molar-refractivity contribution < 1.29 is 4.74 Å². The Kier molecular flexibility index (Phi) is 8.01. The maximum atomic E-state index is 5.48. The summed E-state index contributed by atoms with van der Waals surface area (Å²) in [5.41, 5.74) is 1.74. The third-order valence-electron chi connectivity index (χ3n) is 3.17. The smallest absolute Gasteiger partial charge is 0.231 e. The number of nitrogens with zero attached hydrogens (tertiary/aromatic N) is 3. The summed E-state index contributed by atoms with van der Waals surface area (Å²) >= 11 is 1.51. The minimum atomic E-state index is 0.650. The number of ether oxygens (including phenoxy) is 1. The summed E-state index contributed by atoms with van der Waals surface area (Å²) in [5.74, 6) is 0.857. The van der Waals surface area contributed by atoms with Crippen molar-refractivity contribution >= 4 is 32.4 Å². The van der Waals surface area contributed by atoms with E-state index in [9.17, 15) is 0 Å². The summed E-state index contributed by atoms with van der Waals surface area (Å²) in [6.45, 7) is 9.02. The number of azo groups is 1. The van der Waals surface area contributed by atoms with Crippen LogP contribution in [0.5, 0.6) is 5.75 Å². The minimum Gasteiger partial charge on any atom is -0.494 e. The lowest BCUT2D eigenvalue weighted by atomic mass is 10.3. The first-order valence-corrected chi connectivity index (χ1v) is 9.29. The third kappa shape index (κ3) is 6.25. The number of thiazole rings is 1. The van der Waals surface area contributed by atoms with Crippen LogP contribution in [0.3, 0.4) is 0 Å². The van der Waals surface area contributed by atoms with E-state index in [1.165, 1.54) is 11.3 Å². The van der Waals surface area contributed by atoms with E-state index in [0.717, 1.165) is 34.7 Å². The molecule has 1 heterocycles. The number of hydrogen-bond donors (Lipinski definition) is 1. The quantitative estimate of drug-likeness (QED) is 0.574. The molecule has 0 atom stereocenters. The van der Waals surface area contributed by atoms with Crippen LogP contribution in [0.1, 0.15) is 20.8 Å². The summed E-state index contributed by atoms with van der Waals surface area (Å²) in [6, 6.07) is 15.5. The highest BCUT2D eigenvalue weighted by Crippen LogP contribution is 2.31. The van der Waals surface area contributed by atoms with Crippen molar-refractivity contribution in [2.45, 2.75) is 20.8 Å². The molecule has 25 heavy (non-hydrogen) atoms. The van der Waals surface area contributed by atoms with Gasteiger partial charge in [0.25, 0.3) is 0 Å². The van der Waals surface area contributed by atoms with Crippen LogP contribution in [0.4, 0.5) is 10.8 Å². The fourth-order valence-corrected chi connectivity index (χ4v) is 2.85. The van der Waals surface area contributed by atoms with E-state index in [1.807, 2.05) is 55.5 Å². The zero-order chi connectivity index (χ0) is 17.9. The molecule has 132 valence electrons. The minimum absolute atomic E-state index is 0.650. The van der Waals surface area contributed by atoms with Crippen LogP contribution >= 0.6 is 11.3 Å². The van der Waals surface area contributed by atoms with Gasteiger partial charge in [0, 0.05) is 0 Å². The van der Waals surface area contributed by atoms with Crippen LogP contribution in [0.25, 0.3) is 10.2 Å². The lowest BCUT2D eigenvalue weighted by molar-refractivity contribution is 0.341. The molecule has 6 heteroatoms. The van der Waals surface area contributed by atoms with Gasteiger partial charge in [-0.05, 0) is 50.3 Å². The average Bonchev–Trinajstić information content (AvgIpc) is 3.05. The van der Waals surface area contributed by atoms with Crippen LogP contribution in [-0.4, -0.2) is 24.7 Å². The van der Waals surface area contributed by atoms with Gasteiger partial charge in [0.1, 0.15) is 5.75 Å². The fraction of sp³-hybridized carbons (Fsp3) is 0.316. The van der Waals surface area contributed by atoms with E-state index >= 15 is 0 Å². The molecule has 0 aliphatic rings. The molecule has 1 aromatic heterocycles. The van der Waals surface area contributed by atoms with Gasteiger partial charge in [0.05, 0.1) is 22.5 Å². The predicted octanol–water partition coefficient (Wildman–Crippen LogP) is 5.73. The standard InChI is InChI=1S/C15H13N3OS.C4H11N/c1-2-19-12-8-9-13-14(10-12)20-15(16-13)18-17-11-6-4-3-5-7-11;1-3-5-4-2/h3-10H,2H2,1H3;5H,3-4H2,1-2H3. The molecular formula is C19H24N4OS.